The zero-order valence-electron chi connectivity index (χ0n) is 10.8. The van der Waals surface area contributed by atoms with Crippen molar-refractivity contribution >= 4 is 47.2 Å². The molecule has 1 rings (SSSR count). The van der Waals surface area contributed by atoms with Gasteiger partial charge in [-0.1, -0.05) is 12.2 Å². The molecule has 19 heavy (non-hydrogen) atoms. The molecule has 1 radical (unpaired) electrons. The first kappa shape index (κ1) is 15.9. The second kappa shape index (κ2) is 7.44. The number of nitrogens with zero attached hydrogens (tertiary/aromatic N) is 2. The Balaban J connectivity index is 2.65. The Morgan fingerprint density at radius 1 is 1.47 bits per heavy atom. The molecule has 1 aliphatic heterocycles. The fourth-order valence-corrected chi connectivity index (χ4v) is 2.42. The number of hydrogen-bond donors (Lipinski definition) is 1. The van der Waals surface area contributed by atoms with Crippen LogP contribution in [0.3, 0.4) is 0 Å². The molecule has 1 N–H and O–H groups in total. The third-order valence-corrected chi connectivity index (χ3v) is 3.66. The zero-order chi connectivity index (χ0) is 14.4. The number of rotatable bonds is 5. The number of thiocarbonyl (C=S) groups is 1. The van der Waals surface area contributed by atoms with Gasteiger partial charge < -0.3 is 10.2 Å². The second-order valence-electron chi connectivity index (χ2n) is 3.92. The summed E-state index contributed by atoms with van der Waals surface area (Å²) in [6, 6.07) is -1.00. The molecule has 6 nitrogen and oxygen atoms in total. The lowest BCUT2D eigenvalue weighted by molar-refractivity contribution is -0.153. The summed E-state index contributed by atoms with van der Waals surface area (Å²) in [5, 5.41) is 5.10. The van der Waals surface area contributed by atoms with Crippen molar-refractivity contribution in [3.63, 3.8) is 0 Å². The lowest BCUT2D eigenvalue weighted by atomic mass is 10.3. The maximum Gasteiger partial charge on any atom is 0.325 e. The first-order valence-electron chi connectivity index (χ1n) is 5.83. The van der Waals surface area contributed by atoms with Crippen LogP contribution in [0.15, 0.2) is 0 Å². The van der Waals surface area contributed by atoms with Crippen molar-refractivity contribution in [1.29, 1.82) is 0 Å². The van der Waals surface area contributed by atoms with E-state index in [4.69, 9.17) is 12.2 Å². The minimum Gasteiger partial charge on any atom is -0.333 e. The molecule has 1 unspecified atom stereocenters. The van der Waals surface area contributed by atoms with Crippen molar-refractivity contribution in [1.82, 2.24) is 15.1 Å². The van der Waals surface area contributed by atoms with Crippen LogP contribution in [0, 0.1) is 0 Å². The Morgan fingerprint density at radius 2 is 2.16 bits per heavy atom. The molecule has 105 valence electrons. The highest BCUT2D eigenvalue weighted by Gasteiger charge is 2.35. The van der Waals surface area contributed by atoms with Gasteiger partial charge in [0.15, 0.2) is 0 Å². The zero-order valence-corrected chi connectivity index (χ0v) is 12.5. The number of thioether (sulfide) groups is 1. The van der Waals surface area contributed by atoms with Crippen LogP contribution in [0.1, 0.15) is 6.92 Å². The molecule has 0 bridgehead atoms. The third-order valence-electron chi connectivity index (χ3n) is 2.71. The smallest absolute Gasteiger partial charge is 0.325 e. The minimum atomic E-state index is -0.794. The summed E-state index contributed by atoms with van der Waals surface area (Å²) in [5.41, 5.74) is 0. The predicted octanol–water partition coefficient (Wildman–Crippen LogP) is -0.00500. The molecule has 0 aliphatic carbocycles. The van der Waals surface area contributed by atoms with Gasteiger partial charge in [0.1, 0.15) is 0 Å². The average molecular weight is 302 g/mol. The molecule has 0 saturated carbocycles. The maximum atomic E-state index is 11.9. The molecule has 0 spiro atoms. The Morgan fingerprint density at radius 3 is 2.68 bits per heavy atom. The molecule has 1 fully saturated rings. The van der Waals surface area contributed by atoms with E-state index < -0.39 is 23.9 Å². The van der Waals surface area contributed by atoms with Gasteiger partial charge in [0.2, 0.25) is 0 Å². The van der Waals surface area contributed by atoms with Gasteiger partial charge in [-0.25, -0.2) is 4.79 Å². The highest BCUT2D eigenvalue weighted by molar-refractivity contribution is 7.98. The molecular formula is C11H16N3O3S2. The average Bonchev–Trinajstić information content (AvgIpc) is 2.41. The Labute approximate surface area is 121 Å². The molecule has 1 atom stereocenters. The number of nitrogens with one attached hydrogen (secondary N) is 1. The van der Waals surface area contributed by atoms with E-state index in [0.29, 0.717) is 18.8 Å². The Hall–Kier alpha value is -1.15. The van der Waals surface area contributed by atoms with Crippen molar-refractivity contribution < 1.29 is 14.4 Å². The summed E-state index contributed by atoms with van der Waals surface area (Å²) < 4.78 is 0. The quantitative estimate of drug-likeness (QED) is 0.572. The largest absolute Gasteiger partial charge is 0.333 e. The van der Waals surface area contributed by atoms with Crippen molar-refractivity contribution in [2.75, 3.05) is 31.6 Å². The Bertz CT molecular complexity index is 389. The van der Waals surface area contributed by atoms with Crippen LogP contribution in [0.2, 0.25) is 0 Å². The van der Waals surface area contributed by atoms with Crippen molar-refractivity contribution in [3.05, 3.63) is 0 Å². The van der Waals surface area contributed by atoms with Crippen molar-refractivity contribution in [2.45, 2.75) is 13.0 Å². The van der Waals surface area contributed by atoms with E-state index in [1.165, 1.54) is 16.7 Å². The topological polar surface area (TPSA) is 69.7 Å². The van der Waals surface area contributed by atoms with Crippen LogP contribution in [0.4, 0.5) is 4.79 Å². The van der Waals surface area contributed by atoms with Gasteiger partial charge in [0.25, 0.3) is 0 Å². The van der Waals surface area contributed by atoms with Gasteiger partial charge in [-0.05, 0) is 13.2 Å². The molecule has 1 aliphatic rings. The van der Waals surface area contributed by atoms with Gasteiger partial charge in [-0.3, -0.25) is 14.5 Å². The lowest BCUT2D eigenvalue weighted by Crippen LogP contribution is -2.59. The predicted molar refractivity (Wildman–Crippen MR) is 77.3 cm³/mol. The number of likely N-dealkylation sites (N-methyl/N-ethyl adjacent to an activating group) is 1. The number of carbonyl (C=O) groups is 3. The molecule has 1 saturated heterocycles. The molecular weight excluding hydrogens is 286 g/mol. The molecule has 0 aromatic rings. The van der Waals surface area contributed by atoms with Gasteiger partial charge >= 0.3 is 17.8 Å². The van der Waals surface area contributed by atoms with Gasteiger partial charge in [0.05, 0.1) is 11.4 Å². The summed E-state index contributed by atoms with van der Waals surface area (Å²) in [6.07, 6.45) is 1.88. The van der Waals surface area contributed by atoms with E-state index in [2.05, 4.69) is 10.7 Å². The first-order valence-corrected chi connectivity index (χ1v) is 7.63. The third kappa shape index (κ3) is 3.90. The highest BCUT2D eigenvalue weighted by atomic mass is 32.2. The van der Waals surface area contributed by atoms with Crippen molar-refractivity contribution in [2.24, 2.45) is 0 Å². The number of piperazine rings is 1. The van der Waals surface area contributed by atoms with Crippen LogP contribution >= 0.6 is 24.0 Å². The van der Waals surface area contributed by atoms with Gasteiger partial charge in [0, 0.05) is 25.4 Å². The van der Waals surface area contributed by atoms with Crippen LogP contribution in [-0.4, -0.2) is 70.7 Å². The summed E-state index contributed by atoms with van der Waals surface area (Å²) in [5.74, 6) is -0.860. The van der Waals surface area contributed by atoms with Gasteiger partial charge in [-0.15, -0.1) is 0 Å². The molecule has 4 amide bonds. The molecule has 1 heterocycles. The minimum absolute atomic E-state index is 0.202. The van der Waals surface area contributed by atoms with Crippen LogP contribution in [-0.2, 0) is 9.59 Å². The number of carbonyl (C=O) groups excluding carboxylic acids is 3. The van der Waals surface area contributed by atoms with Crippen molar-refractivity contribution in [3.8, 4) is 0 Å². The maximum absolute atomic E-state index is 11.9. The summed E-state index contributed by atoms with van der Waals surface area (Å²) in [6.45, 7) is 2.82. The summed E-state index contributed by atoms with van der Waals surface area (Å²) >= 11 is 6.20. The van der Waals surface area contributed by atoms with E-state index >= 15 is 0 Å². The standard InChI is InChI=1S/C11H16N3O3S2/c1-3-13-4-5-14(10(16)9(13)15)11(17)12-8(6-18)7-19-2/h8H,3-5,7H2,1-2H3,(H,12,17). The van der Waals surface area contributed by atoms with Crippen LogP contribution < -0.4 is 5.32 Å². The number of imide groups is 1. The monoisotopic (exact) mass is 302 g/mol. The molecule has 8 heteroatoms. The highest BCUT2D eigenvalue weighted by Crippen LogP contribution is 2.06. The van der Waals surface area contributed by atoms with E-state index in [-0.39, 0.29) is 6.54 Å². The normalized spacial score (nSPS) is 17.4. The van der Waals surface area contributed by atoms with Crippen LogP contribution in [0.5, 0.6) is 0 Å². The summed E-state index contributed by atoms with van der Waals surface area (Å²) in [7, 11) is 0. The van der Waals surface area contributed by atoms with E-state index in [0.717, 1.165) is 4.90 Å². The first-order chi connectivity index (χ1) is 9.04. The lowest BCUT2D eigenvalue weighted by Gasteiger charge is -2.32. The van der Waals surface area contributed by atoms with E-state index in [1.54, 1.807) is 6.92 Å². The van der Waals surface area contributed by atoms with E-state index in [9.17, 15) is 14.4 Å². The van der Waals surface area contributed by atoms with Crippen LogP contribution in [0.25, 0.3) is 0 Å². The fraction of sp³-hybridized carbons (Fsp3) is 0.636. The fourth-order valence-electron chi connectivity index (χ4n) is 1.67. The molecule has 0 aromatic heterocycles. The van der Waals surface area contributed by atoms with E-state index in [1.807, 2.05) is 6.26 Å². The Kier molecular flexibility index (Phi) is 6.23. The number of amides is 4. The second-order valence-corrected chi connectivity index (χ2v) is 5.06. The summed E-state index contributed by atoms with van der Waals surface area (Å²) in [4.78, 5) is 37.7. The molecule has 0 aromatic carbocycles. The van der Waals surface area contributed by atoms with Gasteiger partial charge in [-0.2, -0.15) is 11.8 Å². The SMILES string of the molecule is CCN1CCN(C(=O)NC([C]=S)CSC)C(=O)C1=O. The number of hydrogen-bond acceptors (Lipinski definition) is 5. The number of urea groups is 1.